The Hall–Kier alpha value is -2.21. The average molecular weight is 425 g/mol. The highest BCUT2D eigenvalue weighted by Gasteiger charge is 2.33. The van der Waals surface area contributed by atoms with E-state index in [9.17, 15) is 4.79 Å². The fourth-order valence-electron chi connectivity index (χ4n) is 4.54. The molecule has 2 atom stereocenters. The number of carbonyl (C=O) groups is 1. The smallest absolute Gasteiger partial charge is 0.303 e. The Morgan fingerprint density at radius 2 is 1.61 bits per heavy atom. The molecule has 0 saturated carbocycles. The van der Waals surface area contributed by atoms with Crippen molar-refractivity contribution in [1.82, 2.24) is 9.80 Å². The third kappa shape index (κ3) is 7.76. The minimum Gasteiger partial charge on any atom is -0.481 e. The van der Waals surface area contributed by atoms with E-state index in [1.54, 1.807) is 0 Å². The van der Waals surface area contributed by atoms with Crippen LogP contribution in [0.3, 0.4) is 0 Å². The second-order valence-electron chi connectivity index (χ2n) is 8.51. The van der Waals surface area contributed by atoms with Gasteiger partial charge < -0.3 is 14.7 Å². The summed E-state index contributed by atoms with van der Waals surface area (Å²) in [4.78, 5) is 15.7. The van der Waals surface area contributed by atoms with Crippen molar-refractivity contribution in [2.45, 2.75) is 57.3 Å². The van der Waals surface area contributed by atoms with Crippen molar-refractivity contribution in [2.24, 2.45) is 0 Å². The molecular weight excluding hydrogens is 388 g/mol. The Morgan fingerprint density at radius 3 is 2.16 bits per heavy atom. The third-order valence-corrected chi connectivity index (χ3v) is 6.20. The van der Waals surface area contributed by atoms with E-state index in [1.807, 2.05) is 7.11 Å². The van der Waals surface area contributed by atoms with Crippen molar-refractivity contribution < 1.29 is 14.6 Å². The van der Waals surface area contributed by atoms with Gasteiger partial charge in [-0.05, 0) is 43.5 Å². The van der Waals surface area contributed by atoms with Crippen molar-refractivity contribution in [3.8, 4) is 0 Å². The summed E-state index contributed by atoms with van der Waals surface area (Å²) in [6.07, 6.45) is 4.30. The second-order valence-corrected chi connectivity index (χ2v) is 8.51. The summed E-state index contributed by atoms with van der Waals surface area (Å²) < 4.78 is 5.99. The molecule has 3 rings (SSSR count). The molecule has 1 aliphatic heterocycles. The first-order chi connectivity index (χ1) is 15.2. The van der Waals surface area contributed by atoms with Crippen molar-refractivity contribution in [3.05, 3.63) is 71.8 Å². The molecule has 0 amide bonds. The summed E-state index contributed by atoms with van der Waals surface area (Å²) in [5.41, 5.74) is 2.66. The number of rotatable bonds is 12. The Bertz CT molecular complexity index is 727. The molecule has 0 aliphatic carbocycles. The predicted octanol–water partition coefficient (Wildman–Crippen LogP) is 4.42. The van der Waals surface area contributed by atoms with E-state index in [2.05, 4.69) is 70.5 Å². The molecule has 0 unspecified atom stereocenters. The Balaban J connectivity index is 1.61. The van der Waals surface area contributed by atoms with Crippen LogP contribution in [0.4, 0.5) is 0 Å². The van der Waals surface area contributed by atoms with E-state index in [0.717, 1.165) is 58.4 Å². The topological polar surface area (TPSA) is 53.0 Å². The number of methoxy groups -OCH3 is 1. The number of hydrogen-bond acceptors (Lipinski definition) is 4. The van der Waals surface area contributed by atoms with Gasteiger partial charge in [-0.25, -0.2) is 0 Å². The lowest BCUT2D eigenvalue weighted by atomic mass is 9.97. The van der Waals surface area contributed by atoms with Gasteiger partial charge in [0.05, 0.1) is 6.10 Å². The van der Waals surface area contributed by atoms with Gasteiger partial charge in [0.15, 0.2) is 0 Å². The maximum Gasteiger partial charge on any atom is 0.303 e. The van der Waals surface area contributed by atoms with Crippen LogP contribution in [0, 0.1) is 0 Å². The van der Waals surface area contributed by atoms with Gasteiger partial charge in [-0.15, -0.1) is 0 Å². The number of unbranched alkanes of at least 4 members (excludes halogenated alkanes) is 2. The highest BCUT2D eigenvalue weighted by molar-refractivity contribution is 5.66. The number of piperidine rings is 1. The summed E-state index contributed by atoms with van der Waals surface area (Å²) in [6, 6.07) is 21.7. The van der Waals surface area contributed by atoms with Gasteiger partial charge in [0, 0.05) is 39.2 Å². The van der Waals surface area contributed by atoms with Crippen LogP contribution >= 0.6 is 0 Å². The van der Waals surface area contributed by atoms with Crippen molar-refractivity contribution >= 4 is 5.97 Å². The fraction of sp³-hybridized carbons (Fsp3) is 0.500. The van der Waals surface area contributed by atoms with Gasteiger partial charge in [0.1, 0.15) is 0 Å². The molecule has 0 spiro atoms. The number of carboxylic acids is 1. The summed E-state index contributed by atoms with van der Waals surface area (Å²) in [6.45, 7) is 4.83. The largest absolute Gasteiger partial charge is 0.481 e. The zero-order chi connectivity index (χ0) is 21.9. The van der Waals surface area contributed by atoms with Gasteiger partial charge in [0.2, 0.25) is 0 Å². The molecule has 2 aromatic carbocycles. The minimum absolute atomic E-state index is 0.167. The first-order valence-electron chi connectivity index (χ1n) is 11.4. The number of carboxylic acid groups (broad SMARTS) is 1. The molecule has 5 nitrogen and oxygen atoms in total. The van der Waals surface area contributed by atoms with Crippen LogP contribution in [0.1, 0.15) is 43.2 Å². The van der Waals surface area contributed by atoms with E-state index >= 15 is 0 Å². The lowest BCUT2D eigenvalue weighted by molar-refractivity contribution is -0.137. The summed E-state index contributed by atoms with van der Waals surface area (Å²) >= 11 is 0. The Labute approximate surface area is 186 Å². The van der Waals surface area contributed by atoms with Crippen molar-refractivity contribution in [2.75, 3.05) is 26.7 Å². The molecule has 1 fully saturated rings. The quantitative estimate of drug-likeness (QED) is 0.511. The van der Waals surface area contributed by atoms with Gasteiger partial charge in [-0.1, -0.05) is 67.1 Å². The van der Waals surface area contributed by atoms with Crippen LogP contribution in [0.25, 0.3) is 0 Å². The number of benzene rings is 2. The molecule has 1 saturated heterocycles. The zero-order valence-corrected chi connectivity index (χ0v) is 18.7. The van der Waals surface area contributed by atoms with Crippen LogP contribution < -0.4 is 0 Å². The Kier molecular flexibility index (Phi) is 9.53. The molecule has 1 N–H and O–H groups in total. The predicted molar refractivity (Wildman–Crippen MR) is 124 cm³/mol. The molecule has 0 radical (unpaired) electrons. The van der Waals surface area contributed by atoms with E-state index in [0.29, 0.717) is 6.04 Å². The second kappa shape index (κ2) is 12.6. The summed E-state index contributed by atoms with van der Waals surface area (Å²) in [7, 11) is 1.83. The third-order valence-electron chi connectivity index (χ3n) is 6.20. The first-order valence-corrected chi connectivity index (χ1v) is 11.4. The van der Waals surface area contributed by atoms with Gasteiger partial charge in [-0.3, -0.25) is 9.69 Å². The molecule has 31 heavy (non-hydrogen) atoms. The SMILES string of the molecule is CO[C@H]1CN(CCCCCC(=O)O)CC[C@H]1N(Cc1ccccc1)Cc1ccccc1. The standard InChI is InChI=1S/C26H36N2O3/c1-31-25-21-27(17-10-4-9-15-26(29)30)18-16-24(25)28(19-22-11-5-2-6-12-22)20-23-13-7-3-8-14-23/h2-3,5-8,11-14,24-25H,4,9-10,15-21H2,1H3,(H,29,30)/t24-,25+/m1/s1. The van der Waals surface area contributed by atoms with Crippen LogP contribution in [0.2, 0.25) is 0 Å². The molecule has 0 bridgehead atoms. The number of hydrogen-bond donors (Lipinski definition) is 1. The van der Waals surface area contributed by atoms with E-state index in [-0.39, 0.29) is 12.5 Å². The Morgan fingerprint density at radius 1 is 1.00 bits per heavy atom. The van der Waals surface area contributed by atoms with Gasteiger partial charge in [0.25, 0.3) is 0 Å². The lowest BCUT2D eigenvalue weighted by Gasteiger charge is -2.43. The van der Waals surface area contributed by atoms with E-state index in [4.69, 9.17) is 9.84 Å². The normalized spacial score (nSPS) is 19.5. The highest BCUT2D eigenvalue weighted by atomic mass is 16.5. The number of likely N-dealkylation sites (tertiary alicyclic amines) is 1. The van der Waals surface area contributed by atoms with Gasteiger partial charge >= 0.3 is 5.97 Å². The molecule has 0 aromatic heterocycles. The van der Waals surface area contributed by atoms with Crippen LogP contribution in [-0.4, -0.2) is 59.8 Å². The highest BCUT2D eigenvalue weighted by Crippen LogP contribution is 2.24. The molecular formula is C26H36N2O3. The van der Waals surface area contributed by atoms with Crippen LogP contribution in [-0.2, 0) is 22.6 Å². The minimum atomic E-state index is -0.697. The molecule has 5 heteroatoms. The van der Waals surface area contributed by atoms with Crippen LogP contribution in [0.15, 0.2) is 60.7 Å². The molecule has 168 valence electrons. The molecule has 1 aliphatic rings. The average Bonchev–Trinajstić information content (AvgIpc) is 2.79. The number of ether oxygens (including phenoxy) is 1. The van der Waals surface area contributed by atoms with Gasteiger partial charge in [-0.2, -0.15) is 0 Å². The number of nitrogens with zero attached hydrogens (tertiary/aromatic N) is 2. The van der Waals surface area contributed by atoms with Crippen LogP contribution in [0.5, 0.6) is 0 Å². The van der Waals surface area contributed by atoms with Crippen molar-refractivity contribution in [1.29, 1.82) is 0 Å². The summed E-state index contributed by atoms with van der Waals surface area (Å²) in [5.74, 6) is -0.697. The summed E-state index contributed by atoms with van der Waals surface area (Å²) in [5, 5.41) is 8.79. The number of aliphatic carboxylic acids is 1. The van der Waals surface area contributed by atoms with Crippen molar-refractivity contribution in [3.63, 3.8) is 0 Å². The zero-order valence-electron chi connectivity index (χ0n) is 18.7. The molecule has 1 heterocycles. The lowest BCUT2D eigenvalue weighted by Crippen LogP contribution is -2.54. The fourth-order valence-corrected chi connectivity index (χ4v) is 4.54. The van der Waals surface area contributed by atoms with E-state index < -0.39 is 5.97 Å². The first kappa shape index (κ1) is 23.5. The molecule has 2 aromatic rings. The van der Waals surface area contributed by atoms with E-state index in [1.165, 1.54) is 11.1 Å². The maximum atomic E-state index is 10.7. The monoisotopic (exact) mass is 424 g/mol. The maximum absolute atomic E-state index is 10.7.